The van der Waals surface area contributed by atoms with E-state index in [0.29, 0.717) is 29.4 Å². The molecule has 0 aliphatic carbocycles. The molecule has 1 amide bonds. The Labute approximate surface area is 189 Å². The molecule has 0 fully saturated rings. The van der Waals surface area contributed by atoms with Gasteiger partial charge in [0.05, 0.1) is 5.69 Å². The van der Waals surface area contributed by atoms with Gasteiger partial charge in [-0.1, -0.05) is 12.1 Å². The molecule has 33 heavy (non-hydrogen) atoms. The normalized spacial score (nSPS) is 10.7. The zero-order valence-electron chi connectivity index (χ0n) is 17.5. The molecular weight excluding hydrogens is 418 g/mol. The number of hydrogen-bond acceptors (Lipinski definition) is 6. The number of carbonyl (C=O) groups is 1. The Balaban J connectivity index is 1.20. The number of pyridine rings is 1. The second kappa shape index (κ2) is 9.19. The summed E-state index contributed by atoms with van der Waals surface area (Å²) in [7, 11) is 0. The molecule has 162 valence electrons. The third kappa shape index (κ3) is 4.96. The van der Waals surface area contributed by atoms with E-state index in [1.54, 1.807) is 60.9 Å². The van der Waals surface area contributed by atoms with Crippen LogP contribution in [0.2, 0.25) is 0 Å². The van der Waals surface area contributed by atoms with Crippen LogP contribution in [0.5, 0.6) is 17.5 Å². The summed E-state index contributed by atoms with van der Waals surface area (Å²) in [5, 5.41) is 2.87. The average Bonchev–Trinajstić information content (AvgIpc) is 3.28. The fourth-order valence-electron chi connectivity index (χ4n) is 3.19. The summed E-state index contributed by atoms with van der Waals surface area (Å²) in [6.45, 7) is 0.305. The molecule has 8 heteroatoms. The molecule has 0 aliphatic rings. The summed E-state index contributed by atoms with van der Waals surface area (Å²) in [5.41, 5.74) is 2.79. The Morgan fingerprint density at radius 3 is 2.58 bits per heavy atom. The Bertz CT molecular complexity index is 1350. The Morgan fingerprint density at radius 1 is 0.909 bits per heavy atom. The number of nitrogens with one attached hydrogen (secondary N) is 1. The van der Waals surface area contributed by atoms with Gasteiger partial charge in [0.15, 0.2) is 0 Å². The van der Waals surface area contributed by atoms with E-state index in [1.165, 1.54) is 0 Å². The van der Waals surface area contributed by atoms with E-state index >= 15 is 0 Å². The van der Waals surface area contributed by atoms with Crippen LogP contribution < -0.4 is 14.8 Å². The molecule has 8 nitrogen and oxygen atoms in total. The maximum atomic E-state index is 12.7. The van der Waals surface area contributed by atoms with Crippen LogP contribution in [0.25, 0.3) is 5.65 Å². The number of imidazole rings is 1. The van der Waals surface area contributed by atoms with Crippen LogP contribution in [-0.4, -0.2) is 25.3 Å². The quantitative estimate of drug-likeness (QED) is 0.395. The van der Waals surface area contributed by atoms with Gasteiger partial charge in [-0.3, -0.25) is 4.79 Å². The van der Waals surface area contributed by atoms with Crippen molar-refractivity contribution in [2.75, 3.05) is 5.32 Å². The van der Waals surface area contributed by atoms with Gasteiger partial charge in [-0.15, -0.1) is 0 Å². The summed E-state index contributed by atoms with van der Waals surface area (Å²) in [6.07, 6.45) is 7.06. The number of hydrogen-bond donors (Lipinski definition) is 1. The van der Waals surface area contributed by atoms with Crippen molar-refractivity contribution < 1.29 is 14.3 Å². The second-order valence-corrected chi connectivity index (χ2v) is 7.13. The predicted molar refractivity (Wildman–Crippen MR) is 122 cm³/mol. The molecule has 0 saturated carbocycles. The molecule has 0 bridgehead atoms. The maximum absolute atomic E-state index is 12.7. The monoisotopic (exact) mass is 437 g/mol. The topological polar surface area (TPSA) is 90.6 Å². The van der Waals surface area contributed by atoms with Gasteiger partial charge in [0.1, 0.15) is 23.8 Å². The number of benzene rings is 2. The molecule has 3 aromatic heterocycles. The van der Waals surface area contributed by atoms with Crippen molar-refractivity contribution in [1.82, 2.24) is 19.4 Å². The minimum Gasteiger partial charge on any atom is -0.487 e. The number of ether oxygens (including phenoxy) is 2. The van der Waals surface area contributed by atoms with E-state index in [0.717, 1.165) is 11.3 Å². The number of fused-ring (bicyclic) bond motifs is 1. The van der Waals surface area contributed by atoms with Gasteiger partial charge in [-0.25, -0.2) is 15.0 Å². The molecule has 2 aromatic carbocycles. The number of carbonyl (C=O) groups excluding carboxylic acids is 1. The lowest BCUT2D eigenvalue weighted by Gasteiger charge is -2.09. The van der Waals surface area contributed by atoms with E-state index in [4.69, 9.17) is 9.47 Å². The third-order valence-electron chi connectivity index (χ3n) is 4.76. The van der Waals surface area contributed by atoms with E-state index < -0.39 is 0 Å². The second-order valence-electron chi connectivity index (χ2n) is 7.13. The molecular formula is C25H19N5O3. The van der Waals surface area contributed by atoms with Gasteiger partial charge in [0.25, 0.3) is 5.91 Å². The van der Waals surface area contributed by atoms with E-state index in [1.807, 2.05) is 41.1 Å². The first-order chi connectivity index (χ1) is 16.2. The van der Waals surface area contributed by atoms with E-state index in [-0.39, 0.29) is 11.9 Å². The minimum atomic E-state index is -0.242. The summed E-state index contributed by atoms with van der Waals surface area (Å²) < 4.78 is 13.4. The van der Waals surface area contributed by atoms with Crippen LogP contribution >= 0.6 is 0 Å². The fourth-order valence-corrected chi connectivity index (χ4v) is 3.19. The SMILES string of the molecule is O=C(Nc1ccc(Oc2ncccn2)cc1)c1cccc(OCc2cn3ccccc3n2)c1. The highest BCUT2D eigenvalue weighted by molar-refractivity contribution is 6.04. The number of aromatic nitrogens is 4. The molecule has 5 rings (SSSR count). The summed E-state index contributed by atoms with van der Waals surface area (Å²) in [5.74, 6) is 0.918. The highest BCUT2D eigenvalue weighted by atomic mass is 16.5. The first-order valence-corrected chi connectivity index (χ1v) is 10.2. The molecule has 0 aliphatic heterocycles. The van der Waals surface area contributed by atoms with Crippen LogP contribution in [0.1, 0.15) is 16.1 Å². The zero-order valence-corrected chi connectivity index (χ0v) is 17.5. The van der Waals surface area contributed by atoms with Crippen LogP contribution in [0.4, 0.5) is 5.69 Å². The first kappa shape index (κ1) is 20.2. The molecule has 0 spiro atoms. The lowest BCUT2D eigenvalue weighted by Crippen LogP contribution is -2.12. The van der Waals surface area contributed by atoms with Crippen LogP contribution in [0, 0.1) is 0 Å². The number of anilines is 1. The molecule has 5 aromatic rings. The largest absolute Gasteiger partial charge is 0.487 e. The Kier molecular flexibility index (Phi) is 5.62. The minimum absolute atomic E-state index is 0.242. The number of amides is 1. The maximum Gasteiger partial charge on any atom is 0.321 e. The van der Waals surface area contributed by atoms with Crippen molar-refractivity contribution in [3.63, 3.8) is 0 Å². The summed E-state index contributed by atoms with van der Waals surface area (Å²) in [4.78, 5) is 25.3. The van der Waals surface area contributed by atoms with Gasteiger partial charge >= 0.3 is 6.01 Å². The van der Waals surface area contributed by atoms with E-state index in [2.05, 4.69) is 20.3 Å². The third-order valence-corrected chi connectivity index (χ3v) is 4.76. The van der Waals surface area contributed by atoms with Gasteiger partial charge in [0.2, 0.25) is 0 Å². The van der Waals surface area contributed by atoms with Gasteiger partial charge in [-0.05, 0) is 60.7 Å². The summed E-state index contributed by atoms with van der Waals surface area (Å²) in [6, 6.07) is 21.8. The fraction of sp³-hybridized carbons (Fsp3) is 0.0400. The van der Waals surface area contributed by atoms with Gasteiger partial charge < -0.3 is 19.2 Å². The smallest absolute Gasteiger partial charge is 0.321 e. The standard InChI is InChI=1S/C25H19N5O3/c31-24(29-19-8-10-21(11-9-19)33-25-26-12-4-13-27-25)18-5-3-6-22(15-18)32-17-20-16-30-14-2-1-7-23(30)28-20/h1-16H,17H2,(H,29,31). The number of rotatable bonds is 7. The Morgan fingerprint density at radius 2 is 1.76 bits per heavy atom. The van der Waals surface area contributed by atoms with Crippen LogP contribution in [-0.2, 0) is 6.61 Å². The molecule has 1 N–H and O–H groups in total. The van der Waals surface area contributed by atoms with Crippen molar-refractivity contribution in [2.24, 2.45) is 0 Å². The van der Waals surface area contributed by atoms with E-state index in [9.17, 15) is 4.79 Å². The van der Waals surface area contributed by atoms with Gasteiger partial charge in [-0.2, -0.15) is 0 Å². The van der Waals surface area contributed by atoms with Crippen molar-refractivity contribution in [3.05, 3.63) is 109 Å². The average molecular weight is 437 g/mol. The van der Waals surface area contributed by atoms with Crippen molar-refractivity contribution >= 4 is 17.2 Å². The molecule has 0 atom stereocenters. The summed E-state index contributed by atoms with van der Waals surface area (Å²) >= 11 is 0. The first-order valence-electron chi connectivity index (χ1n) is 10.2. The highest BCUT2D eigenvalue weighted by Gasteiger charge is 2.09. The lowest BCUT2D eigenvalue weighted by molar-refractivity contribution is 0.102. The van der Waals surface area contributed by atoms with Crippen molar-refractivity contribution in [2.45, 2.75) is 6.61 Å². The zero-order chi connectivity index (χ0) is 22.5. The highest BCUT2D eigenvalue weighted by Crippen LogP contribution is 2.21. The molecule has 0 unspecified atom stereocenters. The number of nitrogens with zero attached hydrogens (tertiary/aromatic N) is 4. The predicted octanol–water partition coefficient (Wildman–Crippen LogP) is 4.75. The molecule has 3 heterocycles. The van der Waals surface area contributed by atoms with Gasteiger partial charge in [0, 0.05) is 36.0 Å². The van der Waals surface area contributed by atoms with Crippen molar-refractivity contribution in [1.29, 1.82) is 0 Å². The van der Waals surface area contributed by atoms with Crippen molar-refractivity contribution in [3.8, 4) is 17.5 Å². The lowest BCUT2D eigenvalue weighted by atomic mass is 10.2. The Hall–Kier alpha value is -4.72. The van der Waals surface area contributed by atoms with Crippen LogP contribution in [0.15, 0.2) is 97.6 Å². The molecule has 0 saturated heterocycles. The molecule has 0 radical (unpaired) electrons. The van der Waals surface area contributed by atoms with Crippen LogP contribution in [0.3, 0.4) is 0 Å².